The van der Waals surface area contributed by atoms with Crippen molar-refractivity contribution in [3.8, 4) is 0 Å². The van der Waals surface area contributed by atoms with E-state index in [1.54, 1.807) is 6.26 Å². The highest BCUT2D eigenvalue weighted by atomic mass is 19.1. The molecule has 2 heterocycles. The van der Waals surface area contributed by atoms with Crippen molar-refractivity contribution < 1.29 is 18.0 Å². The van der Waals surface area contributed by atoms with E-state index in [1.807, 2.05) is 17.0 Å². The van der Waals surface area contributed by atoms with Crippen LogP contribution in [0.3, 0.4) is 0 Å². The van der Waals surface area contributed by atoms with Crippen molar-refractivity contribution in [2.45, 2.75) is 6.54 Å². The van der Waals surface area contributed by atoms with Crippen LogP contribution in [0.15, 0.2) is 41.0 Å². The van der Waals surface area contributed by atoms with Gasteiger partial charge >= 0.3 is 0 Å². The Morgan fingerprint density at radius 1 is 1.08 bits per heavy atom. The molecule has 1 aliphatic heterocycles. The summed E-state index contributed by atoms with van der Waals surface area (Å²) in [5, 5.41) is 2.53. The van der Waals surface area contributed by atoms with Gasteiger partial charge in [-0.2, -0.15) is 0 Å². The van der Waals surface area contributed by atoms with Crippen LogP contribution in [0.1, 0.15) is 5.76 Å². The lowest BCUT2D eigenvalue weighted by atomic mass is 10.2. The van der Waals surface area contributed by atoms with Gasteiger partial charge < -0.3 is 9.73 Å². The molecule has 0 saturated carbocycles. The lowest BCUT2D eigenvalue weighted by Crippen LogP contribution is -2.48. The zero-order valence-corrected chi connectivity index (χ0v) is 13.2. The maximum absolute atomic E-state index is 13.1. The summed E-state index contributed by atoms with van der Waals surface area (Å²) in [6.45, 7) is 4.14. The average Bonchev–Trinajstić information content (AvgIpc) is 3.01. The van der Waals surface area contributed by atoms with Gasteiger partial charge in [0.2, 0.25) is 5.91 Å². The molecule has 7 heteroatoms. The first-order valence-corrected chi connectivity index (χ1v) is 7.81. The SMILES string of the molecule is O=C(CN1CCN(Cc2ccco2)CC1)Nc1cc(F)cc(F)c1. The Kier molecular flexibility index (Phi) is 5.22. The van der Waals surface area contributed by atoms with Crippen LogP contribution in [-0.4, -0.2) is 48.4 Å². The fourth-order valence-corrected chi connectivity index (χ4v) is 2.76. The van der Waals surface area contributed by atoms with E-state index >= 15 is 0 Å². The van der Waals surface area contributed by atoms with E-state index in [9.17, 15) is 13.6 Å². The molecule has 24 heavy (non-hydrogen) atoms. The van der Waals surface area contributed by atoms with Gasteiger partial charge in [-0.3, -0.25) is 14.6 Å². The van der Waals surface area contributed by atoms with Crippen molar-refractivity contribution in [2.75, 3.05) is 38.0 Å². The zero-order valence-electron chi connectivity index (χ0n) is 13.2. The lowest BCUT2D eigenvalue weighted by Gasteiger charge is -2.33. The van der Waals surface area contributed by atoms with Gasteiger partial charge in [-0.15, -0.1) is 0 Å². The van der Waals surface area contributed by atoms with Crippen molar-refractivity contribution in [3.63, 3.8) is 0 Å². The Labute approximate surface area is 138 Å². The van der Waals surface area contributed by atoms with Crippen LogP contribution >= 0.6 is 0 Å². The smallest absolute Gasteiger partial charge is 0.238 e. The maximum Gasteiger partial charge on any atom is 0.238 e. The number of amides is 1. The lowest BCUT2D eigenvalue weighted by molar-refractivity contribution is -0.117. The van der Waals surface area contributed by atoms with Crippen LogP contribution in [0.5, 0.6) is 0 Å². The normalized spacial score (nSPS) is 16.2. The number of hydrogen-bond acceptors (Lipinski definition) is 4. The third-order valence-electron chi connectivity index (χ3n) is 3.94. The summed E-state index contributed by atoms with van der Waals surface area (Å²) >= 11 is 0. The fourth-order valence-electron chi connectivity index (χ4n) is 2.76. The second-order valence-electron chi connectivity index (χ2n) is 5.84. The van der Waals surface area contributed by atoms with Crippen LogP contribution in [0.2, 0.25) is 0 Å². The molecule has 1 aliphatic rings. The summed E-state index contributed by atoms with van der Waals surface area (Å²) in [6.07, 6.45) is 1.66. The molecule has 0 atom stereocenters. The van der Waals surface area contributed by atoms with Gasteiger partial charge in [-0.25, -0.2) is 8.78 Å². The molecule has 0 unspecified atom stereocenters. The van der Waals surface area contributed by atoms with E-state index in [0.717, 1.165) is 56.7 Å². The monoisotopic (exact) mass is 335 g/mol. The molecule has 0 spiro atoms. The van der Waals surface area contributed by atoms with Crippen molar-refractivity contribution in [2.24, 2.45) is 0 Å². The summed E-state index contributed by atoms with van der Waals surface area (Å²) in [6, 6.07) is 6.78. The Balaban J connectivity index is 1.44. The number of benzene rings is 1. The van der Waals surface area contributed by atoms with Gasteiger partial charge in [0.25, 0.3) is 0 Å². The first-order chi connectivity index (χ1) is 11.6. The highest BCUT2D eigenvalue weighted by Crippen LogP contribution is 2.13. The molecule has 1 fully saturated rings. The third kappa shape index (κ3) is 4.62. The van der Waals surface area contributed by atoms with Gasteiger partial charge in [0, 0.05) is 37.9 Å². The van der Waals surface area contributed by atoms with Gasteiger partial charge in [0.05, 0.1) is 19.4 Å². The second-order valence-corrected chi connectivity index (χ2v) is 5.84. The molecule has 0 radical (unpaired) electrons. The van der Waals surface area contributed by atoms with Crippen LogP contribution in [0.4, 0.5) is 14.5 Å². The molecular weight excluding hydrogens is 316 g/mol. The highest BCUT2D eigenvalue weighted by Gasteiger charge is 2.19. The number of anilines is 1. The Morgan fingerprint density at radius 3 is 2.38 bits per heavy atom. The maximum atomic E-state index is 13.1. The summed E-state index contributed by atoms with van der Waals surface area (Å²) in [4.78, 5) is 16.3. The minimum Gasteiger partial charge on any atom is -0.468 e. The quantitative estimate of drug-likeness (QED) is 0.911. The number of halogens is 2. The number of nitrogens with one attached hydrogen (secondary N) is 1. The standard InChI is InChI=1S/C17H19F2N3O2/c18-13-8-14(19)10-15(9-13)20-17(23)12-22-5-3-21(4-6-22)11-16-2-1-7-24-16/h1-2,7-10H,3-6,11-12H2,(H,20,23). The van der Waals surface area contributed by atoms with Crippen molar-refractivity contribution in [1.82, 2.24) is 9.80 Å². The molecular formula is C17H19F2N3O2. The highest BCUT2D eigenvalue weighted by molar-refractivity contribution is 5.92. The van der Waals surface area contributed by atoms with Crippen LogP contribution in [0.25, 0.3) is 0 Å². The van der Waals surface area contributed by atoms with E-state index in [0.29, 0.717) is 0 Å². The molecule has 3 rings (SSSR count). The number of carbonyl (C=O) groups excluding carboxylic acids is 1. The topological polar surface area (TPSA) is 48.7 Å². The molecule has 1 aromatic carbocycles. The zero-order chi connectivity index (χ0) is 16.9. The largest absolute Gasteiger partial charge is 0.468 e. The number of hydrogen-bond donors (Lipinski definition) is 1. The summed E-state index contributed by atoms with van der Waals surface area (Å²) < 4.78 is 31.6. The second kappa shape index (κ2) is 7.55. The summed E-state index contributed by atoms with van der Waals surface area (Å²) in [5.41, 5.74) is 0.133. The van der Waals surface area contributed by atoms with E-state index in [2.05, 4.69) is 10.2 Å². The van der Waals surface area contributed by atoms with Crippen molar-refractivity contribution in [1.29, 1.82) is 0 Å². The van der Waals surface area contributed by atoms with Crippen molar-refractivity contribution in [3.05, 3.63) is 54.0 Å². The first kappa shape index (κ1) is 16.6. The minimum absolute atomic E-state index is 0.133. The van der Waals surface area contributed by atoms with Crippen LogP contribution in [-0.2, 0) is 11.3 Å². The van der Waals surface area contributed by atoms with Gasteiger partial charge in [0.15, 0.2) is 0 Å². The van der Waals surface area contributed by atoms with E-state index in [4.69, 9.17) is 4.42 Å². The Hall–Kier alpha value is -2.25. The summed E-state index contributed by atoms with van der Waals surface area (Å²) in [7, 11) is 0. The van der Waals surface area contributed by atoms with Gasteiger partial charge in [-0.1, -0.05) is 0 Å². The van der Waals surface area contributed by atoms with Gasteiger partial charge in [-0.05, 0) is 24.3 Å². The average molecular weight is 335 g/mol. The molecule has 2 aromatic rings. The molecule has 0 aliphatic carbocycles. The van der Waals surface area contributed by atoms with E-state index < -0.39 is 11.6 Å². The number of piperazine rings is 1. The minimum atomic E-state index is -0.711. The molecule has 1 aromatic heterocycles. The summed E-state index contributed by atoms with van der Waals surface area (Å²) in [5.74, 6) is -0.775. The predicted octanol–water partition coefficient (Wildman–Crippen LogP) is 2.31. The number of nitrogens with zero attached hydrogens (tertiary/aromatic N) is 2. The van der Waals surface area contributed by atoms with Crippen LogP contribution < -0.4 is 5.32 Å². The van der Waals surface area contributed by atoms with Crippen LogP contribution in [0, 0.1) is 11.6 Å². The third-order valence-corrected chi connectivity index (χ3v) is 3.94. The number of furan rings is 1. The van der Waals surface area contributed by atoms with E-state index in [1.165, 1.54) is 0 Å². The Bertz CT molecular complexity index is 663. The molecule has 1 amide bonds. The number of carbonyl (C=O) groups is 1. The molecule has 5 nitrogen and oxygen atoms in total. The molecule has 128 valence electrons. The van der Waals surface area contributed by atoms with E-state index in [-0.39, 0.29) is 18.1 Å². The fraction of sp³-hybridized carbons (Fsp3) is 0.353. The molecule has 1 saturated heterocycles. The molecule has 0 bridgehead atoms. The Morgan fingerprint density at radius 2 is 1.75 bits per heavy atom. The van der Waals surface area contributed by atoms with Gasteiger partial charge in [0.1, 0.15) is 17.4 Å². The number of rotatable bonds is 5. The van der Waals surface area contributed by atoms with Crippen molar-refractivity contribution >= 4 is 11.6 Å². The first-order valence-electron chi connectivity index (χ1n) is 7.81. The molecule has 1 N–H and O–H groups in total. The predicted molar refractivity (Wildman–Crippen MR) is 85.4 cm³/mol.